The lowest BCUT2D eigenvalue weighted by atomic mass is 10.1. The number of nitrogens with one attached hydrogen (secondary N) is 1. The zero-order valence-corrected chi connectivity index (χ0v) is 17.9. The van der Waals surface area contributed by atoms with Crippen LogP contribution in [0.15, 0.2) is 77.9 Å². The molecule has 0 saturated heterocycles. The van der Waals surface area contributed by atoms with Gasteiger partial charge in [0, 0.05) is 12.1 Å². The van der Waals surface area contributed by atoms with Crippen molar-refractivity contribution in [1.29, 1.82) is 0 Å². The number of para-hydroxylation sites is 1. The lowest BCUT2D eigenvalue weighted by Crippen LogP contribution is -2.23. The molecular weight excluding hydrogens is 406 g/mol. The molecule has 0 aliphatic rings. The average Bonchev–Trinajstić information content (AvgIpc) is 2.84. The van der Waals surface area contributed by atoms with Gasteiger partial charge in [-0.2, -0.15) is 0 Å². The summed E-state index contributed by atoms with van der Waals surface area (Å²) in [4.78, 5) is 29.5. The first-order valence-electron chi connectivity index (χ1n) is 10.1. The molecule has 7 nitrogen and oxygen atoms in total. The molecular formula is C25H23N3O4. The number of hydrogen-bond acceptors (Lipinski definition) is 5. The van der Waals surface area contributed by atoms with Crippen LogP contribution >= 0.6 is 0 Å². The number of ether oxygens (including phenoxy) is 2. The summed E-state index contributed by atoms with van der Waals surface area (Å²) in [6, 6.07) is 20.0. The van der Waals surface area contributed by atoms with Crippen molar-refractivity contribution in [2.45, 2.75) is 13.1 Å². The van der Waals surface area contributed by atoms with Crippen molar-refractivity contribution < 1.29 is 14.3 Å². The van der Waals surface area contributed by atoms with Crippen LogP contribution in [0.25, 0.3) is 10.9 Å². The van der Waals surface area contributed by atoms with Crippen molar-refractivity contribution in [3.63, 3.8) is 0 Å². The fourth-order valence-corrected chi connectivity index (χ4v) is 3.45. The van der Waals surface area contributed by atoms with E-state index in [1.807, 2.05) is 42.5 Å². The standard InChI is InChI=1S/C25H23N3O4/c1-31-22-12-9-18(13-23(22)32-2)14-26-24(29)19-10-7-17(8-11-19)15-28-16-27-21-6-4-3-5-20(21)25(28)30/h3-13,16H,14-15H2,1-2H3,(H,26,29). The predicted molar refractivity (Wildman–Crippen MR) is 122 cm³/mol. The van der Waals surface area contributed by atoms with Crippen molar-refractivity contribution in [1.82, 2.24) is 14.9 Å². The van der Waals surface area contributed by atoms with Crippen LogP contribution in [0.1, 0.15) is 21.5 Å². The summed E-state index contributed by atoms with van der Waals surface area (Å²) in [6.45, 7) is 0.739. The van der Waals surface area contributed by atoms with Crippen LogP contribution in [0.5, 0.6) is 11.5 Å². The Hall–Kier alpha value is -4.13. The SMILES string of the molecule is COc1ccc(CNC(=O)c2ccc(Cn3cnc4ccccc4c3=O)cc2)cc1OC. The zero-order chi connectivity index (χ0) is 22.5. The number of carbonyl (C=O) groups excluding carboxylic acids is 1. The van der Waals surface area contributed by atoms with Gasteiger partial charge in [-0.1, -0.05) is 30.3 Å². The summed E-state index contributed by atoms with van der Waals surface area (Å²) in [5.41, 5.74) is 2.93. The van der Waals surface area contributed by atoms with Crippen LogP contribution < -0.4 is 20.3 Å². The Morgan fingerprint density at radius 2 is 1.66 bits per heavy atom. The van der Waals surface area contributed by atoms with E-state index < -0.39 is 0 Å². The van der Waals surface area contributed by atoms with Crippen molar-refractivity contribution in [2.75, 3.05) is 14.2 Å². The topological polar surface area (TPSA) is 82.5 Å². The molecule has 0 aliphatic heterocycles. The van der Waals surface area contributed by atoms with E-state index in [4.69, 9.17) is 9.47 Å². The molecule has 32 heavy (non-hydrogen) atoms. The fourth-order valence-electron chi connectivity index (χ4n) is 3.45. The molecule has 7 heteroatoms. The first-order valence-corrected chi connectivity index (χ1v) is 10.1. The highest BCUT2D eigenvalue weighted by molar-refractivity contribution is 5.94. The molecule has 0 aliphatic carbocycles. The third-order valence-electron chi connectivity index (χ3n) is 5.20. The summed E-state index contributed by atoms with van der Waals surface area (Å²) in [5, 5.41) is 3.49. The highest BCUT2D eigenvalue weighted by Crippen LogP contribution is 2.27. The van der Waals surface area contributed by atoms with E-state index in [1.54, 1.807) is 49.4 Å². The third-order valence-corrected chi connectivity index (χ3v) is 5.20. The van der Waals surface area contributed by atoms with E-state index >= 15 is 0 Å². The maximum Gasteiger partial charge on any atom is 0.261 e. The third kappa shape index (κ3) is 4.46. The number of carbonyl (C=O) groups is 1. The second-order valence-corrected chi connectivity index (χ2v) is 7.26. The highest BCUT2D eigenvalue weighted by atomic mass is 16.5. The van der Waals surface area contributed by atoms with E-state index in [9.17, 15) is 9.59 Å². The molecule has 4 aromatic rings. The first kappa shape index (κ1) is 21.1. The molecule has 1 aromatic heterocycles. The van der Waals surface area contributed by atoms with Gasteiger partial charge in [-0.3, -0.25) is 14.2 Å². The Morgan fingerprint density at radius 1 is 0.938 bits per heavy atom. The summed E-state index contributed by atoms with van der Waals surface area (Å²) in [5.74, 6) is 1.07. The van der Waals surface area contributed by atoms with Gasteiger partial charge < -0.3 is 14.8 Å². The van der Waals surface area contributed by atoms with Crippen LogP contribution in [0, 0.1) is 0 Å². The molecule has 0 fully saturated rings. The molecule has 0 radical (unpaired) electrons. The number of fused-ring (bicyclic) bond motifs is 1. The molecule has 0 unspecified atom stereocenters. The van der Waals surface area contributed by atoms with Gasteiger partial charge in [-0.25, -0.2) is 4.98 Å². The minimum absolute atomic E-state index is 0.0904. The fraction of sp³-hybridized carbons (Fsp3) is 0.160. The maximum absolute atomic E-state index is 12.7. The lowest BCUT2D eigenvalue weighted by molar-refractivity contribution is 0.0951. The average molecular weight is 429 g/mol. The maximum atomic E-state index is 12.7. The van der Waals surface area contributed by atoms with Gasteiger partial charge in [-0.05, 0) is 47.5 Å². The number of rotatable bonds is 7. The minimum atomic E-state index is -0.184. The second kappa shape index (κ2) is 9.34. The van der Waals surface area contributed by atoms with E-state index in [1.165, 1.54) is 0 Å². The van der Waals surface area contributed by atoms with Gasteiger partial charge in [0.1, 0.15) is 0 Å². The number of aromatic nitrogens is 2. The van der Waals surface area contributed by atoms with Gasteiger partial charge in [0.15, 0.2) is 11.5 Å². The summed E-state index contributed by atoms with van der Waals surface area (Å²) >= 11 is 0. The minimum Gasteiger partial charge on any atom is -0.493 e. The summed E-state index contributed by atoms with van der Waals surface area (Å²) in [6.07, 6.45) is 1.55. The second-order valence-electron chi connectivity index (χ2n) is 7.26. The summed E-state index contributed by atoms with van der Waals surface area (Å²) < 4.78 is 12.1. The Kier molecular flexibility index (Phi) is 6.17. The van der Waals surface area contributed by atoms with Crippen molar-refractivity contribution >= 4 is 16.8 Å². The van der Waals surface area contributed by atoms with Crippen LogP contribution in [0.2, 0.25) is 0 Å². The van der Waals surface area contributed by atoms with E-state index in [0.717, 1.165) is 11.1 Å². The van der Waals surface area contributed by atoms with Crippen molar-refractivity contribution in [2.24, 2.45) is 0 Å². The van der Waals surface area contributed by atoms with Gasteiger partial charge in [0.25, 0.3) is 11.5 Å². The number of nitrogens with zero attached hydrogens (tertiary/aromatic N) is 2. The van der Waals surface area contributed by atoms with E-state index in [0.29, 0.717) is 41.1 Å². The molecule has 0 saturated carbocycles. The quantitative estimate of drug-likeness (QED) is 0.487. The van der Waals surface area contributed by atoms with Crippen LogP contribution in [0.3, 0.4) is 0 Å². The zero-order valence-electron chi connectivity index (χ0n) is 17.9. The molecule has 3 aromatic carbocycles. The van der Waals surface area contributed by atoms with Gasteiger partial charge in [0.2, 0.25) is 0 Å². The first-order chi connectivity index (χ1) is 15.6. The van der Waals surface area contributed by atoms with Gasteiger partial charge in [-0.15, -0.1) is 0 Å². The van der Waals surface area contributed by atoms with Crippen LogP contribution in [-0.2, 0) is 13.1 Å². The van der Waals surface area contributed by atoms with Crippen molar-refractivity contribution in [3.8, 4) is 11.5 Å². The van der Waals surface area contributed by atoms with Crippen molar-refractivity contribution in [3.05, 3.63) is 100 Å². The van der Waals surface area contributed by atoms with Crippen LogP contribution in [-0.4, -0.2) is 29.7 Å². The normalized spacial score (nSPS) is 10.7. The highest BCUT2D eigenvalue weighted by Gasteiger charge is 2.09. The predicted octanol–water partition coefficient (Wildman–Crippen LogP) is 3.39. The van der Waals surface area contributed by atoms with Crippen LogP contribution in [0.4, 0.5) is 0 Å². The van der Waals surface area contributed by atoms with E-state index in [-0.39, 0.29) is 11.5 Å². The Labute approximate surface area is 185 Å². The number of methoxy groups -OCH3 is 2. The molecule has 1 heterocycles. The number of amides is 1. The van der Waals surface area contributed by atoms with Gasteiger partial charge >= 0.3 is 0 Å². The number of hydrogen-bond donors (Lipinski definition) is 1. The summed E-state index contributed by atoms with van der Waals surface area (Å²) in [7, 11) is 3.15. The molecule has 1 N–H and O–H groups in total. The Balaban J connectivity index is 1.42. The smallest absolute Gasteiger partial charge is 0.261 e. The molecule has 0 bridgehead atoms. The largest absolute Gasteiger partial charge is 0.493 e. The molecule has 162 valence electrons. The number of benzene rings is 3. The molecule has 0 atom stereocenters. The van der Waals surface area contributed by atoms with E-state index in [2.05, 4.69) is 10.3 Å². The monoisotopic (exact) mass is 429 g/mol. The molecule has 4 rings (SSSR count). The molecule has 1 amide bonds. The Bertz CT molecular complexity index is 1310. The van der Waals surface area contributed by atoms with Gasteiger partial charge in [0.05, 0.1) is 38.0 Å². The lowest BCUT2D eigenvalue weighted by Gasteiger charge is -2.11. The Morgan fingerprint density at radius 3 is 2.41 bits per heavy atom. The molecule has 0 spiro atoms.